The maximum Gasteiger partial charge on any atom is 0.408 e. The molecule has 0 radical (unpaired) electrons. The Hall–Kier alpha value is -5.22. The lowest BCUT2D eigenvalue weighted by molar-refractivity contribution is -0.147. The lowest BCUT2D eigenvalue weighted by atomic mass is 9.91. The van der Waals surface area contributed by atoms with E-state index >= 15 is 0 Å². The van der Waals surface area contributed by atoms with Crippen molar-refractivity contribution in [3.05, 3.63) is 142 Å². The van der Waals surface area contributed by atoms with Crippen LogP contribution < -0.4 is 5.32 Å². The molecule has 50 heavy (non-hydrogen) atoms. The smallest absolute Gasteiger partial charge is 0.408 e. The maximum absolute atomic E-state index is 13.0. The first-order valence-electron chi connectivity index (χ1n) is 16.8. The normalized spacial score (nSPS) is 13.0. The van der Waals surface area contributed by atoms with Gasteiger partial charge in [0.15, 0.2) is 0 Å². The number of ether oxygens (including phenoxy) is 2. The van der Waals surface area contributed by atoms with Crippen LogP contribution in [0.5, 0.6) is 0 Å². The second-order valence-electron chi connectivity index (χ2n) is 13.4. The Labute approximate surface area is 294 Å². The molecule has 2 aromatic heterocycles. The molecule has 1 amide bonds. The number of nitrogens with zero attached hydrogens (tertiary/aromatic N) is 2. The van der Waals surface area contributed by atoms with E-state index in [0.717, 1.165) is 44.8 Å². The fourth-order valence-electron chi connectivity index (χ4n) is 5.76. The first kappa shape index (κ1) is 37.6. The Balaban J connectivity index is 0.000000291. The van der Waals surface area contributed by atoms with Gasteiger partial charge in [-0.1, -0.05) is 80.6 Å². The van der Waals surface area contributed by atoms with Gasteiger partial charge in [-0.05, 0) is 73.6 Å². The van der Waals surface area contributed by atoms with Gasteiger partial charge in [0.05, 0.1) is 19.3 Å². The molecular formula is C40H49N5O5. The Kier molecular flexibility index (Phi) is 13.1. The molecule has 2 heterocycles. The van der Waals surface area contributed by atoms with Gasteiger partial charge < -0.3 is 29.9 Å². The third-order valence-electron chi connectivity index (χ3n) is 8.68. The molecule has 0 saturated carbocycles. The Morgan fingerprint density at radius 1 is 0.800 bits per heavy atom. The van der Waals surface area contributed by atoms with Gasteiger partial charge in [-0.2, -0.15) is 0 Å². The first-order valence-corrected chi connectivity index (χ1v) is 16.8. The zero-order chi connectivity index (χ0) is 36.3. The molecule has 0 aliphatic heterocycles. The second-order valence-corrected chi connectivity index (χ2v) is 13.4. The van der Waals surface area contributed by atoms with Crippen LogP contribution in [0, 0.1) is 13.8 Å². The summed E-state index contributed by atoms with van der Waals surface area (Å²) in [5, 5.41) is 11.9. The van der Waals surface area contributed by atoms with Crippen molar-refractivity contribution in [3.63, 3.8) is 0 Å². The molecule has 0 bridgehead atoms. The van der Waals surface area contributed by atoms with Crippen LogP contribution in [0.4, 0.5) is 4.79 Å². The van der Waals surface area contributed by atoms with Crippen LogP contribution in [0.25, 0.3) is 0 Å². The highest BCUT2D eigenvalue weighted by Crippen LogP contribution is 2.28. The van der Waals surface area contributed by atoms with Crippen molar-refractivity contribution in [2.24, 2.45) is 0 Å². The van der Waals surface area contributed by atoms with Crippen LogP contribution in [0.15, 0.2) is 91.8 Å². The van der Waals surface area contributed by atoms with E-state index in [2.05, 4.69) is 51.2 Å². The van der Waals surface area contributed by atoms with Gasteiger partial charge in [0.25, 0.3) is 0 Å². The molecule has 3 atom stereocenters. The van der Waals surface area contributed by atoms with Crippen molar-refractivity contribution in [2.75, 3.05) is 0 Å². The summed E-state index contributed by atoms with van der Waals surface area (Å²) in [6.07, 6.45) is 6.66. The third kappa shape index (κ3) is 10.4. The van der Waals surface area contributed by atoms with Crippen molar-refractivity contribution < 1.29 is 24.2 Å². The lowest BCUT2D eigenvalue weighted by Gasteiger charge is -2.23. The number of alkyl carbamates (subject to hydrolysis) is 1. The molecule has 0 spiro atoms. The number of aromatic amines is 2. The van der Waals surface area contributed by atoms with Gasteiger partial charge in [-0.25, -0.2) is 19.6 Å². The second kappa shape index (κ2) is 17.4. The van der Waals surface area contributed by atoms with Gasteiger partial charge in [-0.15, -0.1) is 0 Å². The SMILES string of the molecule is Cc1c(CO)cccc1[C@H](C)c1cnc[nH]1.Cc1c(COC(=O)C(Cc2ccccc2)NC(=O)OC(C)(C)C)cccc1[C@H](C)c1cnc[nH]1. The number of aliphatic hydroxyl groups is 1. The van der Waals surface area contributed by atoms with E-state index in [4.69, 9.17) is 9.47 Å². The number of amides is 1. The van der Waals surface area contributed by atoms with Gasteiger partial charge in [0, 0.05) is 42.0 Å². The lowest BCUT2D eigenvalue weighted by Crippen LogP contribution is -2.45. The van der Waals surface area contributed by atoms with Crippen LogP contribution in [0.2, 0.25) is 0 Å². The van der Waals surface area contributed by atoms with Gasteiger partial charge in [0.1, 0.15) is 18.2 Å². The molecule has 0 aliphatic carbocycles. The predicted octanol–water partition coefficient (Wildman–Crippen LogP) is 7.41. The highest BCUT2D eigenvalue weighted by molar-refractivity contribution is 5.81. The number of hydrogen-bond acceptors (Lipinski definition) is 7. The molecule has 5 rings (SSSR count). The summed E-state index contributed by atoms with van der Waals surface area (Å²) in [7, 11) is 0. The summed E-state index contributed by atoms with van der Waals surface area (Å²) in [6.45, 7) is 13.8. The molecule has 0 saturated heterocycles. The number of aliphatic hydroxyl groups excluding tert-OH is 1. The minimum absolute atomic E-state index is 0.0926. The highest BCUT2D eigenvalue weighted by Gasteiger charge is 2.26. The van der Waals surface area contributed by atoms with Crippen molar-refractivity contribution in [1.82, 2.24) is 25.3 Å². The van der Waals surface area contributed by atoms with Crippen LogP contribution in [-0.4, -0.2) is 48.7 Å². The molecule has 4 N–H and O–H groups in total. The highest BCUT2D eigenvalue weighted by atomic mass is 16.6. The summed E-state index contributed by atoms with van der Waals surface area (Å²) >= 11 is 0. The molecule has 10 heteroatoms. The third-order valence-corrected chi connectivity index (χ3v) is 8.68. The van der Waals surface area contributed by atoms with E-state index in [9.17, 15) is 14.7 Å². The molecule has 1 unspecified atom stereocenters. The van der Waals surface area contributed by atoms with Gasteiger partial charge in [0.2, 0.25) is 0 Å². The Bertz CT molecular complexity index is 1800. The summed E-state index contributed by atoms with van der Waals surface area (Å²) in [6, 6.07) is 20.6. The van der Waals surface area contributed by atoms with Gasteiger partial charge >= 0.3 is 12.1 Å². The number of H-pyrrole nitrogens is 2. The average molecular weight is 680 g/mol. The van der Waals surface area contributed by atoms with Crippen molar-refractivity contribution in [3.8, 4) is 0 Å². The standard InChI is InChI=1S/C27H33N3O4.C13H16N2O/c1-18-21(12-9-13-22(18)19(2)24-15-28-17-29-24)16-33-25(31)23(14-20-10-7-6-8-11-20)30-26(32)34-27(3,4)5;1-9-11(7-16)4-3-5-12(9)10(2)13-6-14-8-15-13/h6-13,15,17,19,23H,14,16H2,1-5H3,(H,28,29)(H,30,32);3-6,8,10,16H,7H2,1-2H3,(H,14,15)/t19-,23?;10-/m00/s1. The Morgan fingerprint density at radius 3 is 1.84 bits per heavy atom. The average Bonchev–Trinajstić information content (AvgIpc) is 3.83. The van der Waals surface area contributed by atoms with E-state index in [0.29, 0.717) is 6.42 Å². The predicted molar refractivity (Wildman–Crippen MR) is 194 cm³/mol. The maximum atomic E-state index is 13.0. The van der Waals surface area contributed by atoms with Crippen molar-refractivity contribution in [1.29, 1.82) is 0 Å². The quantitative estimate of drug-likeness (QED) is 0.107. The van der Waals surface area contributed by atoms with E-state index in [-0.39, 0.29) is 25.0 Å². The number of carbonyl (C=O) groups excluding carboxylic acids is 2. The van der Waals surface area contributed by atoms with Crippen LogP contribution in [-0.2, 0) is 33.9 Å². The molecule has 264 valence electrons. The van der Waals surface area contributed by atoms with E-state index in [1.54, 1.807) is 33.4 Å². The number of imidazole rings is 2. The minimum Gasteiger partial charge on any atom is -0.459 e. The zero-order valence-corrected chi connectivity index (χ0v) is 30.0. The molecule has 10 nitrogen and oxygen atoms in total. The fourth-order valence-corrected chi connectivity index (χ4v) is 5.76. The number of carbonyl (C=O) groups is 2. The number of benzene rings is 3. The first-order chi connectivity index (χ1) is 23.9. The monoisotopic (exact) mass is 679 g/mol. The van der Waals surface area contributed by atoms with Crippen molar-refractivity contribution in [2.45, 2.75) is 91.6 Å². The van der Waals surface area contributed by atoms with Crippen LogP contribution in [0.1, 0.15) is 96.8 Å². The zero-order valence-electron chi connectivity index (χ0n) is 30.0. The summed E-state index contributed by atoms with van der Waals surface area (Å²) in [4.78, 5) is 39.8. The molecule has 0 fully saturated rings. The fraction of sp³-hybridized carbons (Fsp3) is 0.350. The van der Waals surface area contributed by atoms with Crippen LogP contribution in [0.3, 0.4) is 0 Å². The van der Waals surface area contributed by atoms with Crippen molar-refractivity contribution >= 4 is 12.1 Å². The Morgan fingerprint density at radius 2 is 1.34 bits per heavy atom. The number of nitrogens with one attached hydrogen (secondary N) is 3. The van der Waals surface area contributed by atoms with E-state index in [1.165, 1.54) is 5.56 Å². The topological polar surface area (TPSA) is 142 Å². The van der Waals surface area contributed by atoms with Crippen LogP contribution >= 0.6 is 0 Å². The molecule has 3 aromatic carbocycles. The van der Waals surface area contributed by atoms with E-state index < -0.39 is 23.7 Å². The largest absolute Gasteiger partial charge is 0.459 e. The molecule has 0 aliphatic rings. The van der Waals surface area contributed by atoms with E-state index in [1.807, 2.05) is 80.8 Å². The minimum atomic E-state index is -0.871. The number of hydrogen-bond donors (Lipinski definition) is 4. The summed E-state index contributed by atoms with van der Waals surface area (Å²) in [5.41, 5.74) is 8.82. The molecule has 5 aromatic rings. The van der Waals surface area contributed by atoms with Gasteiger partial charge in [-0.3, -0.25) is 0 Å². The molecular weight excluding hydrogens is 630 g/mol. The number of rotatable bonds is 11. The summed E-state index contributed by atoms with van der Waals surface area (Å²) < 4.78 is 11.0. The number of aromatic nitrogens is 4. The summed E-state index contributed by atoms with van der Waals surface area (Å²) in [5.74, 6) is -0.118. The number of esters is 1.